The van der Waals surface area contributed by atoms with Gasteiger partial charge in [-0.25, -0.2) is 9.97 Å². The van der Waals surface area contributed by atoms with Gasteiger partial charge >= 0.3 is 0 Å². The molecule has 0 unspecified atom stereocenters. The second-order valence-corrected chi connectivity index (χ2v) is 8.44. The normalized spacial score (nSPS) is 10.9. The molecule has 0 bridgehead atoms. The van der Waals surface area contributed by atoms with E-state index in [2.05, 4.69) is 46.4 Å². The van der Waals surface area contributed by atoms with E-state index in [4.69, 9.17) is 14.7 Å². The van der Waals surface area contributed by atoms with Gasteiger partial charge in [-0.05, 0) is 24.3 Å². The van der Waals surface area contributed by atoms with Crippen LogP contribution in [0.5, 0.6) is 5.75 Å². The molecule has 6 rings (SSSR count). The molecule has 5 heteroatoms. The number of methoxy groups -OCH3 is 1. The number of hydrogen-bond donors (Lipinski definition) is 2. The molecule has 0 saturated heterocycles. The summed E-state index contributed by atoms with van der Waals surface area (Å²) in [7, 11) is 1.67. The number of H-pyrrole nitrogens is 2. The maximum Gasteiger partial charge on any atom is 0.138 e. The predicted octanol–water partition coefficient (Wildman–Crippen LogP) is 7.48. The molecule has 0 amide bonds. The highest BCUT2D eigenvalue weighted by Gasteiger charge is 2.22. The highest BCUT2D eigenvalue weighted by Crippen LogP contribution is 2.38. The zero-order valence-electron chi connectivity index (χ0n) is 19.8. The Morgan fingerprint density at radius 3 is 1.28 bits per heavy atom. The minimum absolute atomic E-state index is 0.779. The number of hydrogen-bond acceptors (Lipinski definition) is 3. The van der Waals surface area contributed by atoms with Crippen molar-refractivity contribution < 1.29 is 4.74 Å². The van der Waals surface area contributed by atoms with Crippen LogP contribution in [0.2, 0.25) is 0 Å². The minimum Gasteiger partial charge on any atom is -0.497 e. The van der Waals surface area contributed by atoms with Crippen molar-refractivity contribution in [3.63, 3.8) is 0 Å². The van der Waals surface area contributed by atoms with E-state index in [1.165, 1.54) is 0 Å². The van der Waals surface area contributed by atoms with Crippen LogP contribution in [0, 0.1) is 0 Å². The number of imidazole rings is 2. The van der Waals surface area contributed by atoms with Gasteiger partial charge in [0.05, 0.1) is 29.9 Å². The van der Waals surface area contributed by atoms with Crippen LogP contribution in [0.25, 0.3) is 56.7 Å². The third kappa shape index (κ3) is 4.07. The molecule has 2 aromatic heterocycles. The lowest BCUT2D eigenvalue weighted by molar-refractivity contribution is 0.415. The lowest BCUT2D eigenvalue weighted by Gasteiger charge is -2.04. The van der Waals surface area contributed by atoms with Gasteiger partial charge in [-0.1, -0.05) is 91.0 Å². The Labute approximate surface area is 209 Å². The van der Waals surface area contributed by atoms with Crippen molar-refractivity contribution in [3.05, 3.63) is 115 Å². The van der Waals surface area contributed by atoms with E-state index in [1.54, 1.807) is 7.11 Å². The molecule has 4 aromatic carbocycles. The highest BCUT2D eigenvalue weighted by atomic mass is 16.5. The first-order valence-corrected chi connectivity index (χ1v) is 11.8. The van der Waals surface area contributed by atoms with E-state index in [9.17, 15) is 0 Å². The molecule has 5 nitrogen and oxygen atoms in total. The van der Waals surface area contributed by atoms with Crippen molar-refractivity contribution in [2.75, 3.05) is 7.11 Å². The van der Waals surface area contributed by atoms with E-state index in [-0.39, 0.29) is 0 Å². The average molecular weight is 469 g/mol. The Balaban J connectivity index is 1.58. The fraction of sp³-hybridized carbons (Fsp3) is 0.0323. The van der Waals surface area contributed by atoms with Crippen LogP contribution in [-0.2, 0) is 0 Å². The topological polar surface area (TPSA) is 66.6 Å². The molecule has 0 aliphatic carbocycles. The second kappa shape index (κ2) is 9.39. The molecule has 0 fully saturated rings. The molecule has 2 heterocycles. The van der Waals surface area contributed by atoms with Gasteiger partial charge in [-0.3, -0.25) is 0 Å². The fourth-order valence-electron chi connectivity index (χ4n) is 4.34. The molecule has 0 spiro atoms. The highest BCUT2D eigenvalue weighted by molar-refractivity contribution is 5.88. The monoisotopic (exact) mass is 468 g/mol. The van der Waals surface area contributed by atoms with Gasteiger partial charge in [0.25, 0.3) is 0 Å². The summed E-state index contributed by atoms with van der Waals surface area (Å²) >= 11 is 0. The van der Waals surface area contributed by atoms with Crippen molar-refractivity contribution in [1.29, 1.82) is 0 Å². The average Bonchev–Trinajstić information content (AvgIpc) is 3.60. The van der Waals surface area contributed by atoms with Crippen molar-refractivity contribution in [2.45, 2.75) is 0 Å². The van der Waals surface area contributed by atoms with Crippen molar-refractivity contribution in [2.24, 2.45) is 0 Å². The maximum atomic E-state index is 5.34. The van der Waals surface area contributed by atoms with Crippen LogP contribution in [0.3, 0.4) is 0 Å². The quantitative estimate of drug-likeness (QED) is 0.266. The fourth-order valence-corrected chi connectivity index (χ4v) is 4.34. The SMILES string of the molecule is COc1ccc(-c2nc(-c3ccccc3)c(-c3[nH]c(-c4ccccc4)nc3-c3ccccc3)[nH]2)cc1. The zero-order chi connectivity index (χ0) is 24.3. The van der Waals surface area contributed by atoms with Gasteiger partial charge < -0.3 is 14.7 Å². The van der Waals surface area contributed by atoms with Crippen LogP contribution >= 0.6 is 0 Å². The van der Waals surface area contributed by atoms with Crippen molar-refractivity contribution in [1.82, 2.24) is 19.9 Å². The van der Waals surface area contributed by atoms with Crippen molar-refractivity contribution in [3.8, 4) is 62.4 Å². The van der Waals surface area contributed by atoms with E-state index in [1.807, 2.05) is 78.9 Å². The Morgan fingerprint density at radius 2 is 0.861 bits per heavy atom. The van der Waals surface area contributed by atoms with Gasteiger partial charge in [0.1, 0.15) is 17.4 Å². The van der Waals surface area contributed by atoms with Crippen molar-refractivity contribution >= 4 is 0 Å². The number of nitrogens with zero attached hydrogens (tertiary/aromatic N) is 2. The van der Waals surface area contributed by atoms with Gasteiger partial charge in [0.2, 0.25) is 0 Å². The number of ether oxygens (including phenoxy) is 1. The van der Waals surface area contributed by atoms with E-state index < -0.39 is 0 Å². The van der Waals surface area contributed by atoms with Gasteiger partial charge in [0.15, 0.2) is 0 Å². The summed E-state index contributed by atoms with van der Waals surface area (Å²) in [5.74, 6) is 2.40. The molecule has 0 atom stereocenters. The van der Waals surface area contributed by atoms with E-state index in [0.29, 0.717) is 0 Å². The molecule has 0 saturated carbocycles. The van der Waals surface area contributed by atoms with E-state index >= 15 is 0 Å². The summed E-state index contributed by atoms with van der Waals surface area (Å²) in [6.07, 6.45) is 0. The number of benzene rings is 4. The van der Waals surface area contributed by atoms with Crippen LogP contribution in [0.15, 0.2) is 115 Å². The van der Waals surface area contributed by atoms with E-state index in [0.717, 1.165) is 62.4 Å². The first-order chi connectivity index (χ1) is 17.8. The predicted molar refractivity (Wildman–Crippen MR) is 144 cm³/mol. The van der Waals surface area contributed by atoms with Crippen LogP contribution in [0.4, 0.5) is 0 Å². The number of aromatic nitrogens is 4. The summed E-state index contributed by atoms with van der Waals surface area (Å²) in [5.41, 5.74) is 7.58. The number of nitrogens with one attached hydrogen (secondary N) is 2. The summed E-state index contributed by atoms with van der Waals surface area (Å²) in [6.45, 7) is 0. The first-order valence-electron chi connectivity index (χ1n) is 11.8. The van der Waals surface area contributed by atoms with Gasteiger partial charge in [-0.15, -0.1) is 0 Å². The molecule has 36 heavy (non-hydrogen) atoms. The number of aromatic amines is 2. The summed E-state index contributed by atoms with van der Waals surface area (Å²) in [6, 6.07) is 38.5. The molecular formula is C31H24N4O. The van der Waals surface area contributed by atoms with Gasteiger partial charge in [-0.2, -0.15) is 0 Å². The third-order valence-corrected chi connectivity index (χ3v) is 6.16. The molecule has 6 aromatic rings. The summed E-state index contributed by atoms with van der Waals surface area (Å²) in [5, 5.41) is 0. The lowest BCUT2D eigenvalue weighted by Crippen LogP contribution is -1.88. The molecule has 174 valence electrons. The van der Waals surface area contributed by atoms with Crippen LogP contribution in [0.1, 0.15) is 0 Å². The molecule has 0 radical (unpaired) electrons. The smallest absolute Gasteiger partial charge is 0.138 e. The molecule has 0 aliphatic rings. The van der Waals surface area contributed by atoms with Crippen LogP contribution in [-0.4, -0.2) is 27.0 Å². The molecule has 2 N–H and O–H groups in total. The zero-order valence-corrected chi connectivity index (χ0v) is 19.8. The first kappa shape index (κ1) is 21.6. The Bertz CT molecular complexity index is 1590. The molecular weight excluding hydrogens is 444 g/mol. The largest absolute Gasteiger partial charge is 0.497 e. The lowest BCUT2D eigenvalue weighted by atomic mass is 10.0. The Morgan fingerprint density at radius 1 is 0.472 bits per heavy atom. The second-order valence-electron chi connectivity index (χ2n) is 8.44. The molecule has 0 aliphatic heterocycles. The maximum absolute atomic E-state index is 5.34. The minimum atomic E-state index is 0.779. The third-order valence-electron chi connectivity index (χ3n) is 6.16. The Kier molecular flexibility index (Phi) is 5.64. The van der Waals surface area contributed by atoms with Gasteiger partial charge in [0, 0.05) is 22.3 Å². The summed E-state index contributed by atoms with van der Waals surface area (Å²) < 4.78 is 5.34. The standard InChI is InChI=1S/C31H24N4O/c1-36-25-19-17-24(18-20-25)31-33-27(22-13-7-3-8-14-22)29(35-31)28-26(21-11-5-2-6-12-21)32-30(34-28)23-15-9-4-10-16-23/h2-20H,1H3,(H,32,34)(H,33,35). The van der Waals surface area contributed by atoms with Crippen LogP contribution < -0.4 is 4.74 Å². The Hall–Kier alpha value is -4.90. The summed E-state index contributed by atoms with van der Waals surface area (Å²) in [4.78, 5) is 17.3. The number of rotatable bonds is 6.